The number of imide groups is 1. The Morgan fingerprint density at radius 3 is 2.68 bits per heavy atom. The van der Waals surface area contributed by atoms with Gasteiger partial charge in [-0.1, -0.05) is 12.1 Å². The second-order valence-electron chi connectivity index (χ2n) is 9.63. The maximum atomic E-state index is 12.1. The van der Waals surface area contributed by atoms with Crippen molar-refractivity contribution in [2.45, 2.75) is 25.4 Å². The van der Waals surface area contributed by atoms with Gasteiger partial charge in [0.15, 0.2) is 0 Å². The summed E-state index contributed by atoms with van der Waals surface area (Å²) >= 11 is 0. The lowest BCUT2D eigenvalue weighted by molar-refractivity contribution is -0.133. The summed E-state index contributed by atoms with van der Waals surface area (Å²) in [4.78, 5) is 28.3. The number of hydrogen-bond acceptors (Lipinski definition) is 8. The molecule has 2 amide bonds. The molecule has 0 spiro atoms. The van der Waals surface area contributed by atoms with Gasteiger partial charge in [-0.3, -0.25) is 24.5 Å². The fourth-order valence-corrected chi connectivity index (χ4v) is 5.01. The van der Waals surface area contributed by atoms with E-state index < -0.39 is 0 Å². The molecule has 0 bridgehead atoms. The highest BCUT2D eigenvalue weighted by Crippen LogP contribution is 2.38. The van der Waals surface area contributed by atoms with Crippen LogP contribution in [0.4, 0.5) is 17.1 Å². The van der Waals surface area contributed by atoms with Crippen LogP contribution in [0.3, 0.4) is 0 Å². The van der Waals surface area contributed by atoms with Crippen LogP contribution in [0.15, 0.2) is 48.8 Å². The zero-order valence-electron chi connectivity index (χ0n) is 21.2. The van der Waals surface area contributed by atoms with Gasteiger partial charge in [-0.05, 0) is 30.2 Å². The minimum atomic E-state index is -0.387. The van der Waals surface area contributed by atoms with Gasteiger partial charge in [-0.15, -0.1) is 0 Å². The Kier molecular flexibility index (Phi) is 7.00. The summed E-state index contributed by atoms with van der Waals surface area (Å²) in [5.74, 6) is 0.203. The number of rotatable bonds is 7. The van der Waals surface area contributed by atoms with Gasteiger partial charge < -0.3 is 20.7 Å². The van der Waals surface area contributed by atoms with E-state index >= 15 is 0 Å². The zero-order chi connectivity index (χ0) is 25.9. The second-order valence-corrected chi connectivity index (χ2v) is 9.63. The largest absolute Gasteiger partial charge is 0.495 e. The minimum absolute atomic E-state index is 0.207. The Balaban J connectivity index is 1.24. The summed E-state index contributed by atoms with van der Waals surface area (Å²) in [5, 5.41) is 10.0. The Morgan fingerprint density at radius 2 is 1.97 bits per heavy atom. The number of ether oxygens (including phenoxy) is 1. The molecule has 10 heteroatoms. The van der Waals surface area contributed by atoms with Crippen LogP contribution in [0.5, 0.6) is 5.75 Å². The van der Waals surface area contributed by atoms with Crippen molar-refractivity contribution in [3.8, 4) is 16.9 Å². The molecule has 194 valence electrons. The van der Waals surface area contributed by atoms with E-state index in [4.69, 9.17) is 10.5 Å². The number of carbonyl (C=O) groups is 2. The predicted octanol–water partition coefficient (Wildman–Crippen LogP) is 2.22. The molecule has 3 heterocycles. The molecule has 0 radical (unpaired) electrons. The summed E-state index contributed by atoms with van der Waals surface area (Å²) < 4.78 is 7.31. The van der Waals surface area contributed by atoms with Gasteiger partial charge in [-0.25, -0.2) is 0 Å². The highest BCUT2D eigenvalue weighted by atomic mass is 16.5. The lowest BCUT2D eigenvalue weighted by Crippen LogP contribution is -2.47. The number of aromatic nitrogens is 2. The van der Waals surface area contributed by atoms with Crippen LogP contribution in [0.2, 0.25) is 0 Å². The van der Waals surface area contributed by atoms with Crippen molar-refractivity contribution >= 4 is 28.9 Å². The van der Waals surface area contributed by atoms with Crippen LogP contribution in [-0.4, -0.2) is 65.8 Å². The van der Waals surface area contributed by atoms with Crippen molar-refractivity contribution < 1.29 is 14.3 Å². The average molecular weight is 504 g/mol. The maximum absolute atomic E-state index is 12.1. The SMILES string of the molecule is COc1cc(N2CCN(Cc3cccc(NC4CCC(=O)NC4=O)c3)CC2)c(-c2cnn(C)c2)cc1N. The number of piperidine rings is 1. The van der Waals surface area contributed by atoms with Crippen molar-refractivity contribution in [3.05, 3.63) is 54.4 Å². The average Bonchev–Trinajstić information content (AvgIpc) is 3.32. The van der Waals surface area contributed by atoms with Crippen molar-refractivity contribution in [2.24, 2.45) is 7.05 Å². The zero-order valence-corrected chi connectivity index (χ0v) is 21.2. The van der Waals surface area contributed by atoms with E-state index in [0.29, 0.717) is 24.3 Å². The molecule has 3 aromatic rings. The molecule has 1 atom stereocenters. The van der Waals surface area contributed by atoms with Gasteiger partial charge >= 0.3 is 0 Å². The third kappa shape index (κ3) is 5.54. The first-order valence-electron chi connectivity index (χ1n) is 12.5. The number of carbonyl (C=O) groups excluding carboxylic acids is 2. The molecule has 37 heavy (non-hydrogen) atoms. The lowest BCUT2D eigenvalue weighted by Gasteiger charge is -2.37. The van der Waals surface area contributed by atoms with Gasteiger partial charge in [-0.2, -0.15) is 5.10 Å². The summed E-state index contributed by atoms with van der Waals surface area (Å²) in [6, 6.07) is 11.8. The van der Waals surface area contributed by atoms with Gasteiger partial charge in [0.05, 0.1) is 19.0 Å². The van der Waals surface area contributed by atoms with Crippen molar-refractivity contribution in [1.29, 1.82) is 0 Å². The van der Waals surface area contributed by atoms with E-state index in [-0.39, 0.29) is 17.9 Å². The normalized spacial score (nSPS) is 18.5. The first-order chi connectivity index (χ1) is 17.9. The Morgan fingerprint density at radius 1 is 1.16 bits per heavy atom. The summed E-state index contributed by atoms with van der Waals surface area (Å²) in [5.41, 5.74) is 12.1. The topological polar surface area (TPSA) is 118 Å². The van der Waals surface area contributed by atoms with Crippen LogP contribution in [0.25, 0.3) is 11.1 Å². The molecule has 1 aromatic heterocycles. The molecular weight excluding hydrogens is 470 g/mol. The van der Waals surface area contributed by atoms with E-state index in [0.717, 1.165) is 55.2 Å². The highest BCUT2D eigenvalue weighted by Gasteiger charge is 2.26. The molecule has 2 aliphatic rings. The maximum Gasteiger partial charge on any atom is 0.249 e. The number of nitrogens with one attached hydrogen (secondary N) is 2. The first kappa shape index (κ1) is 24.6. The molecule has 0 saturated carbocycles. The van der Waals surface area contributed by atoms with E-state index in [1.807, 2.05) is 43.7 Å². The number of anilines is 3. The second kappa shape index (κ2) is 10.5. The molecule has 2 fully saturated rings. The van der Waals surface area contributed by atoms with Crippen LogP contribution >= 0.6 is 0 Å². The highest BCUT2D eigenvalue weighted by molar-refractivity contribution is 6.01. The summed E-state index contributed by atoms with van der Waals surface area (Å²) in [7, 11) is 3.55. The molecule has 1 unspecified atom stereocenters. The van der Waals surface area contributed by atoms with E-state index in [1.165, 1.54) is 5.56 Å². The Labute approximate surface area is 216 Å². The van der Waals surface area contributed by atoms with Crippen molar-refractivity contribution in [1.82, 2.24) is 20.0 Å². The fourth-order valence-electron chi connectivity index (χ4n) is 5.01. The fraction of sp³-hybridized carbons (Fsp3) is 0.370. The molecule has 10 nitrogen and oxygen atoms in total. The Hall–Kier alpha value is -4.05. The summed E-state index contributed by atoms with van der Waals surface area (Å²) in [6.45, 7) is 4.37. The third-order valence-electron chi connectivity index (χ3n) is 6.99. The van der Waals surface area contributed by atoms with Gasteiger partial charge in [0.1, 0.15) is 11.8 Å². The number of piperazine rings is 1. The predicted molar refractivity (Wildman–Crippen MR) is 143 cm³/mol. The monoisotopic (exact) mass is 503 g/mol. The standard InChI is InChI=1S/C27H33N7O3/c1-32-17-19(15-29-32)21-13-22(28)25(37-2)14-24(21)34-10-8-33(9-11-34)16-18-4-3-5-20(12-18)30-23-6-7-26(35)31-27(23)36/h3-5,12-15,17,23,30H,6-11,16,28H2,1-2H3,(H,31,35,36). The summed E-state index contributed by atoms with van der Waals surface area (Å²) in [6.07, 6.45) is 4.72. The van der Waals surface area contributed by atoms with E-state index in [1.54, 1.807) is 11.8 Å². The number of amides is 2. The lowest BCUT2D eigenvalue weighted by atomic mass is 10.0. The van der Waals surface area contributed by atoms with Gasteiger partial charge in [0, 0.05) is 81.0 Å². The molecule has 2 aromatic carbocycles. The molecular formula is C27H33N7O3. The number of nitrogens with two attached hydrogens (primary N) is 1. The number of hydrogen-bond donors (Lipinski definition) is 3. The Bertz CT molecular complexity index is 1300. The molecule has 4 N–H and O–H groups in total. The van der Waals surface area contributed by atoms with E-state index in [2.05, 4.69) is 37.7 Å². The van der Waals surface area contributed by atoms with Crippen molar-refractivity contribution in [2.75, 3.05) is 49.2 Å². The van der Waals surface area contributed by atoms with Crippen LogP contribution in [0.1, 0.15) is 18.4 Å². The van der Waals surface area contributed by atoms with Gasteiger partial charge in [0.25, 0.3) is 0 Å². The molecule has 5 rings (SSSR count). The van der Waals surface area contributed by atoms with Crippen LogP contribution in [-0.2, 0) is 23.2 Å². The first-order valence-corrected chi connectivity index (χ1v) is 12.5. The van der Waals surface area contributed by atoms with Crippen LogP contribution < -0.4 is 26.0 Å². The smallest absolute Gasteiger partial charge is 0.249 e. The number of nitrogens with zero attached hydrogens (tertiary/aromatic N) is 4. The van der Waals surface area contributed by atoms with Crippen molar-refractivity contribution in [3.63, 3.8) is 0 Å². The molecule has 2 aliphatic heterocycles. The van der Waals surface area contributed by atoms with E-state index in [9.17, 15) is 9.59 Å². The number of methoxy groups -OCH3 is 1. The number of nitrogen functional groups attached to an aromatic ring is 1. The minimum Gasteiger partial charge on any atom is -0.495 e. The van der Waals surface area contributed by atoms with Gasteiger partial charge in [0.2, 0.25) is 11.8 Å². The van der Waals surface area contributed by atoms with Crippen LogP contribution in [0, 0.1) is 0 Å². The third-order valence-corrected chi connectivity index (χ3v) is 6.99. The molecule has 0 aliphatic carbocycles. The molecule has 2 saturated heterocycles. The number of aryl methyl sites for hydroxylation is 1. The number of benzene rings is 2. The quantitative estimate of drug-likeness (QED) is 0.332.